The van der Waals surface area contributed by atoms with E-state index in [1.807, 2.05) is 19.9 Å². The molecule has 0 fully saturated rings. The van der Waals surface area contributed by atoms with Gasteiger partial charge in [-0.15, -0.1) is 0 Å². The van der Waals surface area contributed by atoms with Crippen LogP contribution in [0.2, 0.25) is 0 Å². The molecule has 1 aromatic rings. The van der Waals surface area contributed by atoms with E-state index in [-0.39, 0.29) is 0 Å². The van der Waals surface area contributed by atoms with E-state index in [1.54, 1.807) is 0 Å². The van der Waals surface area contributed by atoms with Crippen LogP contribution in [0.1, 0.15) is 19.4 Å². The number of rotatable bonds is 3. The normalized spacial score (nSPS) is 8.92. The van der Waals surface area contributed by atoms with Crippen LogP contribution < -0.4 is 0 Å². The molecule has 68 valence electrons. The standard InChI is InChI=1S/C7H7.C4H10O.Li/c1-7-5-3-2-4-6-7;1-3-5-4-2;/h2-6H,1H2;3-4H2,1-2H3;. The van der Waals surface area contributed by atoms with E-state index < -0.39 is 0 Å². The molecule has 0 radical (unpaired) electrons. The summed E-state index contributed by atoms with van der Waals surface area (Å²) in [6, 6.07) is 10.5. The molecular weight excluding hydrogens is 155 g/mol. The maximum absolute atomic E-state index is 4.83. The van der Waals surface area contributed by atoms with Crippen molar-refractivity contribution in [2.24, 2.45) is 0 Å². The van der Waals surface area contributed by atoms with Crippen LogP contribution in [0.25, 0.3) is 0 Å². The average Bonchev–Trinajstić information content (AvgIpc) is 2.21. The molecule has 0 unspecified atom stereocenters. The summed E-state index contributed by atoms with van der Waals surface area (Å²) in [6.45, 7) is 5.67. The van der Waals surface area contributed by atoms with Gasteiger partial charge in [0.25, 0.3) is 0 Å². The molecule has 0 spiro atoms. The number of benzene rings is 1. The SMILES string of the molecule is CCOCC.[Li][CH2]c1ccccc1. The Morgan fingerprint density at radius 1 is 1.08 bits per heavy atom. The Hall–Kier alpha value is -0.223. The van der Waals surface area contributed by atoms with E-state index in [4.69, 9.17) is 4.74 Å². The molecule has 0 aliphatic rings. The third-order valence-electron chi connectivity index (χ3n) is 1.66. The van der Waals surface area contributed by atoms with Crippen LogP contribution in [-0.4, -0.2) is 30.9 Å². The molecule has 1 aromatic carbocycles. The van der Waals surface area contributed by atoms with Crippen molar-refractivity contribution in [2.45, 2.75) is 18.9 Å². The quantitative estimate of drug-likeness (QED) is 0.636. The van der Waals surface area contributed by atoms with E-state index in [0.717, 1.165) is 18.3 Å². The second-order valence-electron chi connectivity index (χ2n) is 2.62. The minimum atomic E-state index is 0.844. The van der Waals surface area contributed by atoms with Gasteiger partial charge in [-0.05, 0) is 13.8 Å². The van der Waals surface area contributed by atoms with Gasteiger partial charge in [0.1, 0.15) is 0 Å². The Labute approximate surface area is 90.7 Å². The molecule has 1 rings (SSSR count). The van der Waals surface area contributed by atoms with Crippen molar-refractivity contribution in [1.82, 2.24) is 0 Å². The second kappa shape index (κ2) is 9.86. The van der Waals surface area contributed by atoms with E-state index in [0.29, 0.717) is 0 Å². The van der Waals surface area contributed by atoms with Crippen LogP contribution in [0.5, 0.6) is 0 Å². The molecule has 0 amide bonds. The van der Waals surface area contributed by atoms with Gasteiger partial charge in [0, 0.05) is 13.2 Å². The van der Waals surface area contributed by atoms with Crippen molar-refractivity contribution in [3.63, 3.8) is 0 Å². The van der Waals surface area contributed by atoms with Gasteiger partial charge in [0.15, 0.2) is 0 Å². The number of hydrogen-bond acceptors (Lipinski definition) is 1. The first-order valence-corrected chi connectivity index (χ1v) is 4.96. The van der Waals surface area contributed by atoms with Gasteiger partial charge in [0.05, 0.1) is 0 Å². The van der Waals surface area contributed by atoms with Crippen molar-refractivity contribution in [2.75, 3.05) is 13.2 Å². The third-order valence-corrected chi connectivity index (χ3v) is 1.66. The van der Waals surface area contributed by atoms with Gasteiger partial charge < -0.3 is 4.74 Å². The molecule has 0 aromatic heterocycles. The molecule has 0 saturated heterocycles. The van der Waals surface area contributed by atoms with Gasteiger partial charge in [-0.25, -0.2) is 0 Å². The van der Waals surface area contributed by atoms with E-state index >= 15 is 0 Å². The molecule has 13 heavy (non-hydrogen) atoms. The molecule has 2 heteroatoms. The summed E-state index contributed by atoms with van der Waals surface area (Å²) < 4.78 is 4.83. The van der Waals surface area contributed by atoms with Crippen LogP contribution in [0.4, 0.5) is 0 Å². The predicted molar refractivity (Wildman–Crippen MR) is 58.1 cm³/mol. The number of hydrogen-bond donors (Lipinski definition) is 0. The molecule has 0 aliphatic carbocycles. The fourth-order valence-corrected chi connectivity index (χ4v) is 0.918. The van der Waals surface area contributed by atoms with Crippen molar-refractivity contribution < 1.29 is 4.74 Å². The Morgan fingerprint density at radius 2 is 1.62 bits per heavy atom. The van der Waals surface area contributed by atoms with E-state index in [9.17, 15) is 0 Å². The zero-order chi connectivity index (χ0) is 9.94. The van der Waals surface area contributed by atoms with Crippen molar-refractivity contribution >= 4 is 17.7 Å². The third kappa shape index (κ3) is 8.12. The fourth-order valence-electron chi connectivity index (χ4n) is 0.918. The molecule has 0 aliphatic heterocycles. The Morgan fingerprint density at radius 3 is 1.85 bits per heavy atom. The van der Waals surface area contributed by atoms with Crippen molar-refractivity contribution in [1.29, 1.82) is 0 Å². The van der Waals surface area contributed by atoms with Crippen molar-refractivity contribution in [3.05, 3.63) is 35.9 Å². The Balaban J connectivity index is 0.000000252. The topological polar surface area (TPSA) is 9.23 Å². The summed E-state index contributed by atoms with van der Waals surface area (Å²) in [6.07, 6.45) is 0. The summed E-state index contributed by atoms with van der Waals surface area (Å²) in [5.74, 6) is 0. The molecule has 0 N–H and O–H groups in total. The minimum absolute atomic E-state index is 0.844. The second-order valence-corrected chi connectivity index (χ2v) is 2.62. The van der Waals surface area contributed by atoms with Gasteiger partial charge >= 0.3 is 58.7 Å². The van der Waals surface area contributed by atoms with Crippen LogP contribution in [0, 0.1) is 0 Å². The zero-order valence-corrected chi connectivity index (χ0v) is 8.92. The van der Waals surface area contributed by atoms with Crippen LogP contribution in [0.15, 0.2) is 30.3 Å². The summed E-state index contributed by atoms with van der Waals surface area (Å²) in [7, 11) is 0. The van der Waals surface area contributed by atoms with Gasteiger partial charge in [-0.1, -0.05) is 0 Å². The fraction of sp³-hybridized carbons (Fsp3) is 0.455. The van der Waals surface area contributed by atoms with Crippen LogP contribution >= 0.6 is 0 Å². The predicted octanol–water partition coefficient (Wildman–Crippen LogP) is 2.40. The first kappa shape index (κ1) is 12.8. The average molecular weight is 172 g/mol. The first-order valence-electron chi connectivity index (χ1n) is 4.96. The summed E-state index contributed by atoms with van der Waals surface area (Å²) in [4.78, 5) is 0. The molecule has 0 saturated carbocycles. The van der Waals surface area contributed by atoms with Crippen LogP contribution in [0.3, 0.4) is 0 Å². The zero-order valence-electron chi connectivity index (χ0n) is 8.92. The van der Waals surface area contributed by atoms with Crippen LogP contribution in [-0.2, 0) is 9.83 Å². The van der Waals surface area contributed by atoms with Gasteiger partial charge in [-0.2, -0.15) is 0 Å². The molecule has 0 heterocycles. The maximum atomic E-state index is 4.83. The van der Waals surface area contributed by atoms with E-state index in [1.165, 1.54) is 5.56 Å². The summed E-state index contributed by atoms with van der Waals surface area (Å²) in [5.41, 5.74) is 1.41. The molecule has 0 bridgehead atoms. The molecular formula is C11H17LiO. The monoisotopic (exact) mass is 172 g/mol. The molecule has 1 nitrogen and oxygen atoms in total. The number of ether oxygens (including phenoxy) is 1. The Bertz CT molecular complexity index is 185. The van der Waals surface area contributed by atoms with Crippen molar-refractivity contribution in [3.8, 4) is 0 Å². The first-order chi connectivity index (χ1) is 6.35. The summed E-state index contributed by atoms with van der Waals surface area (Å²) >= 11 is 2.16. The van der Waals surface area contributed by atoms with E-state index in [2.05, 4.69) is 42.0 Å². The van der Waals surface area contributed by atoms with Gasteiger partial charge in [-0.3, -0.25) is 0 Å². The summed E-state index contributed by atoms with van der Waals surface area (Å²) in [5, 5.41) is 1.14. The Kier molecular flexibility index (Phi) is 9.69. The van der Waals surface area contributed by atoms with Gasteiger partial charge in [0.2, 0.25) is 0 Å². The molecule has 0 atom stereocenters.